The lowest BCUT2D eigenvalue weighted by molar-refractivity contribution is 1.58. The van der Waals surface area contributed by atoms with Crippen LogP contribution in [0.3, 0.4) is 0 Å². The molecule has 0 aliphatic rings. The van der Waals surface area contributed by atoms with Crippen molar-refractivity contribution in [3.8, 4) is 11.1 Å². The normalized spacial score (nSPS) is 14.6. The monoisotopic (exact) mass is 408 g/mol. The van der Waals surface area contributed by atoms with Crippen molar-refractivity contribution in [3.63, 3.8) is 0 Å². The van der Waals surface area contributed by atoms with Crippen LogP contribution in [0.15, 0.2) is 109 Å². The second kappa shape index (κ2) is 7.01. The number of rotatable bonds is 3. The van der Waals surface area contributed by atoms with E-state index < -0.39 is 12.1 Å². The highest BCUT2D eigenvalue weighted by molar-refractivity contribution is 7.26. The van der Waals surface area contributed by atoms with Crippen LogP contribution in [-0.4, -0.2) is 0 Å². The lowest BCUT2D eigenvalue weighted by Crippen LogP contribution is -1.90. The minimum Gasteiger partial charge on any atom is -0.354 e. The third-order valence-electron chi connectivity index (χ3n) is 5.17. The van der Waals surface area contributed by atoms with Gasteiger partial charge in [-0.2, -0.15) is 0 Å². The first-order valence-corrected chi connectivity index (χ1v) is 10.4. The summed E-state index contributed by atoms with van der Waals surface area (Å²) >= 11 is 1.72. The SMILES string of the molecule is [2H]c1c([2H])c([2H])c2c(-c3ccc(Nc4cccc5c4sc4ccccc45)cc3)c([2H])c([2H])c([2H])c2c1[2H]. The van der Waals surface area contributed by atoms with Crippen LogP contribution < -0.4 is 5.32 Å². The molecule has 1 N–H and O–H groups in total. The van der Waals surface area contributed by atoms with E-state index in [-0.39, 0.29) is 46.5 Å². The van der Waals surface area contributed by atoms with E-state index in [4.69, 9.17) is 9.60 Å². The molecule has 2 heteroatoms. The molecule has 30 heavy (non-hydrogen) atoms. The van der Waals surface area contributed by atoms with Gasteiger partial charge in [-0.3, -0.25) is 0 Å². The zero-order chi connectivity index (χ0) is 26.0. The van der Waals surface area contributed by atoms with Crippen molar-refractivity contribution in [1.29, 1.82) is 0 Å². The summed E-state index contributed by atoms with van der Waals surface area (Å²) < 4.78 is 60.4. The highest BCUT2D eigenvalue weighted by Gasteiger charge is 2.09. The van der Waals surface area contributed by atoms with Crippen molar-refractivity contribution < 1.29 is 9.60 Å². The van der Waals surface area contributed by atoms with Gasteiger partial charge < -0.3 is 5.32 Å². The van der Waals surface area contributed by atoms with E-state index in [0.717, 1.165) is 16.1 Å². The molecule has 1 heterocycles. The summed E-state index contributed by atoms with van der Waals surface area (Å²) in [6.07, 6.45) is 0. The summed E-state index contributed by atoms with van der Waals surface area (Å²) in [6, 6.07) is 19.1. The Morgan fingerprint density at radius 3 is 2.40 bits per heavy atom. The van der Waals surface area contributed by atoms with Gasteiger partial charge >= 0.3 is 0 Å². The molecular formula is C28H19NS. The topological polar surface area (TPSA) is 12.0 Å². The maximum atomic E-state index is 8.55. The molecule has 1 aromatic heterocycles. The Hall–Kier alpha value is -3.62. The first-order valence-electron chi connectivity index (χ1n) is 13.1. The number of hydrogen-bond acceptors (Lipinski definition) is 2. The Bertz CT molecular complexity index is 1870. The summed E-state index contributed by atoms with van der Waals surface area (Å²) in [6.45, 7) is 0. The van der Waals surface area contributed by atoms with Crippen molar-refractivity contribution in [2.75, 3.05) is 5.32 Å². The molecule has 142 valence electrons. The molecule has 0 saturated heterocycles. The number of thiophene rings is 1. The smallest absolute Gasteiger partial charge is 0.0629 e. The minimum atomic E-state index is -0.455. The largest absolute Gasteiger partial charge is 0.354 e. The fourth-order valence-electron chi connectivity index (χ4n) is 3.75. The molecule has 0 amide bonds. The van der Waals surface area contributed by atoms with E-state index >= 15 is 0 Å². The third-order valence-corrected chi connectivity index (χ3v) is 6.39. The molecular weight excluding hydrogens is 382 g/mol. The minimum absolute atomic E-state index is 0.0411. The second-order valence-corrected chi connectivity index (χ2v) is 8.04. The van der Waals surface area contributed by atoms with Crippen LogP contribution in [0.25, 0.3) is 42.1 Å². The molecule has 6 rings (SSSR count). The van der Waals surface area contributed by atoms with Crippen molar-refractivity contribution in [1.82, 2.24) is 0 Å². The standard InChI is InChI=1S/C28H19NS/c1-2-9-22-19(7-1)8-5-11-23(22)20-15-17-21(18-16-20)29-26-13-6-12-25-24-10-3-4-14-27(24)30-28(25)26/h1-18,29H/i1D,2D,5D,7D,8D,9D,11D. The average Bonchev–Trinajstić information content (AvgIpc) is 3.30. The van der Waals surface area contributed by atoms with Crippen LogP contribution in [0, 0.1) is 0 Å². The maximum absolute atomic E-state index is 8.55. The average molecular weight is 409 g/mol. The molecule has 1 nitrogen and oxygen atoms in total. The quantitative estimate of drug-likeness (QED) is 0.309. The molecule has 0 atom stereocenters. The van der Waals surface area contributed by atoms with Crippen LogP contribution >= 0.6 is 11.3 Å². The second-order valence-electron chi connectivity index (χ2n) is 6.98. The highest BCUT2D eigenvalue weighted by atomic mass is 32.1. The van der Waals surface area contributed by atoms with Crippen LogP contribution in [0.1, 0.15) is 9.60 Å². The van der Waals surface area contributed by atoms with Crippen LogP contribution in [0.4, 0.5) is 11.4 Å². The van der Waals surface area contributed by atoms with Gasteiger partial charge in [0, 0.05) is 21.2 Å². The van der Waals surface area contributed by atoms with Gasteiger partial charge in [-0.1, -0.05) is 84.8 Å². The first kappa shape index (κ1) is 11.5. The van der Waals surface area contributed by atoms with Gasteiger partial charge in [0.05, 0.1) is 20.0 Å². The number of nitrogens with one attached hydrogen (secondary N) is 1. The van der Waals surface area contributed by atoms with E-state index in [1.165, 1.54) is 15.5 Å². The molecule has 0 saturated carbocycles. The summed E-state index contributed by atoms with van der Waals surface area (Å²) in [5.41, 5.74) is 2.55. The lowest BCUT2D eigenvalue weighted by Gasteiger charge is -2.10. The van der Waals surface area contributed by atoms with E-state index in [0.29, 0.717) is 5.56 Å². The molecule has 0 unspecified atom stereocenters. The van der Waals surface area contributed by atoms with Crippen LogP contribution in [0.2, 0.25) is 0 Å². The van der Waals surface area contributed by atoms with E-state index in [1.807, 2.05) is 36.4 Å². The summed E-state index contributed by atoms with van der Waals surface area (Å²) in [5, 5.41) is 5.91. The molecule has 5 aromatic carbocycles. The van der Waals surface area contributed by atoms with Gasteiger partial charge in [0.1, 0.15) is 0 Å². The zero-order valence-electron chi connectivity index (χ0n) is 22.8. The lowest BCUT2D eigenvalue weighted by atomic mass is 9.98. The van der Waals surface area contributed by atoms with Gasteiger partial charge in [0.25, 0.3) is 0 Å². The molecule has 0 aliphatic carbocycles. The van der Waals surface area contributed by atoms with Gasteiger partial charge in [-0.25, -0.2) is 0 Å². The van der Waals surface area contributed by atoms with Crippen molar-refractivity contribution in [2.45, 2.75) is 0 Å². The van der Waals surface area contributed by atoms with Crippen molar-refractivity contribution in [3.05, 3.63) is 109 Å². The molecule has 6 aromatic rings. The Morgan fingerprint density at radius 2 is 1.47 bits per heavy atom. The van der Waals surface area contributed by atoms with E-state index in [2.05, 4.69) is 23.5 Å². The third kappa shape index (κ3) is 2.85. The van der Waals surface area contributed by atoms with Gasteiger partial charge in [-0.05, 0) is 46.2 Å². The predicted molar refractivity (Wildman–Crippen MR) is 132 cm³/mol. The van der Waals surface area contributed by atoms with E-state index in [1.54, 1.807) is 23.5 Å². The number of benzene rings is 5. The number of fused-ring (bicyclic) bond motifs is 4. The van der Waals surface area contributed by atoms with Crippen LogP contribution in [0.5, 0.6) is 0 Å². The van der Waals surface area contributed by atoms with Crippen LogP contribution in [-0.2, 0) is 0 Å². The Morgan fingerprint density at radius 1 is 0.667 bits per heavy atom. The Balaban J connectivity index is 1.47. The fourth-order valence-corrected chi connectivity index (χ4v) is 4.92. The highest BCUT2D eigenvalue weighted by Crippen LogP contribution is 2.39. The molecule has 0 bridgehead atoms. The Labute approximate surface area is 189 Å². The zero-order valence-corrected chi connectivity index (χ0v) is 16.6. The van der Waals surface area contributed by atoms with E-state index in [9.17, 15) is 0 Å². The fraction of sp³-hybridized carbons (Fsp3) is 0. The molecule has 0 radical (unpaired) electrons. The Kier molecular flexibility index (Phi) is 2.70. The first-order chi connectivity index (χ1) is 17.8. The summed E-state index contributed by atoms with van der Waals surface area (Å²) in [7, 11) is 0. The van der Waals surface area contributed by atoms with Gasteiger partial charge in [0.2, 0.25) is 0 Å². The predicted octanol–water partition coefficient (Wildman–Crippen LogP) is 8.62. The maximum Gasteiger partial charge on any atom is 0.0629 e. The van der Waals surface area contributed by atoms with Crippen molar-refractivity contribution in [2.24, 2.45) is 0 Å². The van der Waals surface area contributed by atoms with Gasteiger partial charge in [-0.15, -0.1) is 11.3 Å². The number of anilines is 2. The summed E-state index contributed by atoms with van der Waals surface area (Å²) in [4.78, 5) is 0. The summed E-state index contributed by atoms with van der Waals surface area (Å²) in [5.74, 6) is 0. The molecule has 0 aliphatic heterocycles. The van der Waals surface area contributed by atoms with Gasteiger partial charge in [0.15, 0.2) is 0 Å². The van der Waals surface area contributed by atoms with Crippen molar-refractivity contribution >= 4 is 53.7 Å². The number of hydrogen-bond donors (Lipinski definition) is 1. The molecule has 0 fully saturated rings. The molecule has 0 spiro atoms.